The third-order valence-electron chi connectivity index (χ3n) is 0.345. The fourth-order valence-electron chi connectivity index (χ4n) is 0.132. The Balaban J connectivity index is 3.05. The van der Waals surface area contributed by atoms with E-state index in [2.05, 4.69) is 19.5 Å². The first-order valence-electron chi connectivity index (χ1n) is 1.77. The molecule has 1 N–H and O–H groups in total. The zero-order valence-electron chi connectivity index (χ0n) is 4.26. The third-order valence-corrected chi connectivity index (χ3v) is 1.35. The Morgan fingerprint density at radius 3 is 2.62 bits per heavy atom. The second-order valence-corrected chi connectivity index (χ2v) is 5.74. The number of hydrogen-bond acceptors (Lipinski definition) is 2. The molecular weight excluding hydrogens is 196 g/mol. The van der Waals surface area contributed by atoms with E-state index in [-0.39, 0.29) is 15.3 Å². The molecule has 0 aliphatic carbocycles. The van der Waals surface area contributed by atoms with Gasteiger partial charge in [0.1, 0.15) is 15.6 Å². The highest BCUT2D eigenvalue weighted by molar-refractivity contribution is 9.48. The van der Waals surface area contributed by atoms with Crippen molar-refractivity contribution in [2.75, 3.05) is 12.2 Å². The molecule has 8 heavy (non-hydrogen) atoms. The Morgan fingerprint density at radius 2 is 2.50 bits per heavy atom. The van der Waals surface area contributed by atoms with Crippen LogP contribution in [0.25, 0.3) is 0 Å². The lowest BCUT2D eigenvalue weighted by Gasteiger charge is -1.91. The van der Waals surface area contributed by atoms with Crippen LogP contribution in [0.15, 0.2) is 0 Å². The number of carbonyl (C=O) groups is 1. The molecule has 0 amide bonds. The van der Waals surface area contributed by atoms with E-state index in [0.717, 1.165) is 0 Å². The summed E-state index contributed by atoms with van der Waals surface area (Å²) in [6, 6.07) is 0. The highest BCUT2D eigenvalue weighted by Crippen LogP contribution is 2.00. The van der Waals surface area contributed by atoms with Crippen molar-refractivity contribution in [3.05, 3.63) is 0 Å². The van der Waals surface area contributed by atoms with E-state index in [4.69, 9.17) is 5.11 Å². The van der Waals surface area contributed by atoms with Crippen molar-refractivity contribution in [3.63, 3.8) is 0 Å². The van der Waals surface area contributed by atoms with Gasteiger partial charge < -0.3 is 9.84 Å². The van der Waals surface area contributed by atoms with Crippen LogP contribution < -0.4 is 0 Å². The van der Waals surface area contributed by atoms with E-state index in [1.54, 1.807) is 0 Å². The van der Waals surface area contributed by atoms with Crippen LogP contribution in [-0.2, 0) is 14.1 Å². The molecule has 0 aliphatic heterocycles. The van der Waals surface area contributed by atoms with Gasteiger partial charge in [0, 0.05) is 0 Å². The SMILES string of the molecule is C[S+](Br)COC(=O)O. The van der Waals surface area contributed by atoms with E-state index < -0.39 is 6.16 Å². The van der Waals surface area contributed by atoms with Gasteiger partial charge in [-0.3, -0.25) is 0 Å². The molecule has 0 aliphatic rings. The van der Waals surface area contributed by atoms with Crippen molar-refractivity contribution < 1.29 is 14.6 Å². The standard InChI is InChI=1S/C3H5BrO3S/c1-8(4)2-7-3(5)6/h2H2,1H3/p+1. The zero-order chi connectivity index (χ0) is 6.57. The van der Waals surface area contributed by atoms with E-state index in [0.29, 0.717) is 0 Å². The normalized spacial score (nSPS) is 12.8. The fraction of sp³-hybridized carbons (Fsp3) is 0.667. The van der Waals surface area contributed by atoms with E-state index in [1.807, 2.05) is 6.26 Å². The minimum atomic E-state index is -1.22. The van der Waals surface area contributed by atoms with Crippen molar-refractivity contribution in [1.29, 1.82) is 0 Å². The quantitative estimate of drug-likeness (QED) is 0.540. The van der Waals surface area contributed by atoms with E-state index >= 15 is 0 Å². The molecule has 0 saturated carbocycles. The van der Waals surface area contributed by atoms with Gasteiger partial charge in [-0.15, -0.1) is 0 Å². The van der Waals surface area contributed by atoms with Crippen LogP contribution in [0.4, 0.5) is 4.79 Å². The molecule has 5 heteroatoms. The highest BCUT2D eigenvalue weighted by atomic mass is 79.9. The van der Waals surface area contributed by atoms with Crippen LogP contribution in [0.1, 0.15) is 0 Å². The molecule has 0 aromatic carbocycles. The van der Waals surface area contributed by atoms with Gasteiger partial charge in [0.15, 0.2) is 0 Å². The van der Waals surface area contributed by atoms with Crippen LogP contribution in [0.2, 0.25) is 0 Å². The molecule has 1 unspecified atom stereocenters. The molecule has 0 saturated heterocycles. The molecule has 0 bridgehead atoms. The average Bonchev–Trinajstić information content (AvgIpc) is 1.61. The molecule has 0 radical (unpaired) electrons. The van der Waals surface area contributed by atoms with Crippen molar-refractivity contribution in [2.45, 2.75) is 0 Å². The predicted octanol–water partition coefficient (Wildman–Crippen LogP) is 1.20. The van der Waals surface area contributed by atoms with E-state index in [1.165, 1.54) is 0 Å². The maximum Gasteiger partial charge on any atom is 0.509 e. The van der Waals surface area contributed by atoms with Crippen LogP contribution in [-0.4, -0.2) is 23.5 Å². The Bertz CT molecular complexity index is 84.6. The summed E-state index contributed by atoms with van der Waals surface area (Å²) in [7, 11) is -0.127. The zero-order valence-corrected chi connectivity index (χ0v) is 6.66. The molecule has 0 aromatic heterocycles. The van der Waals surface area contributed by atoms with Gasteiger partial charge >= 0.3 is 6.16 Å². The smallest absolute Gasteiger partial charge is 0.450 e. The highest BCUT2D eigenvalue weighted by Gasteiger charge is 2.08. The molecule has 48 valence electrons. The molecule has 0 fully saturated rings. The first kappa shape index (κ1) is 8.10. The van der Waals surface area contributed by atoms with Gasteiger partial charge in [0.25, 0.3) is 5.94 Å². The average molecular weight is 202 g/mol. The minimum Gasteiger partial charge on any atom is -0.450 e. The molecule has 0 heterocycles. The topological polar surface area (TPSA) is 46.5 Å². The second kappa shape index (κ2) is 4.03. The molecule has 0 spiro atoms. The summed E-state index contributed by atoms with van der Waals surface area (Å²) in [5, 5.41) is 7.92. The van der Waals surface area contributed by atoms with Gasteiger partial charge in [-0.05, 0) is 0 Å². The number of ether oxygens (including phenoxy) is 1. The maximum absolute atomic E-state index is 9.67. The summed E-state index contributed by atoms with van der Waals surface area (Å²) in [6.45, 7) is 0. The molecule has 0 aromatic rings. The first-order valence-corrected chi connectivity index (χ1v) is 5.42. The lowest BCUT2D eigenvalue weighted by Crippen LogP contribution is -2.06. The number of halogens is 1. The Kier molecular flexibility index (Phi) is 4.08. The summed E-state index contributed by atoms with van der Waals surface area (Å²) < 4.78 is 4.19. The number of carboxylic acid groups (broad SMARTS) is 1. The fourth-order valence-corrected chi connectivity index (χ4v) is 0.675. The lowest BCUT2D eigenvalue weighted by atomic mass is 11.4. The molecule has 3 nitrogen and oxygen atoms in total. The third kappa shape index (κ3) is 6.10. The summed E-state index contributed by atoms with van der Waals surface area (Å²) in [5.41, 5.74) is 0. The summed E-state index contributed by atoms with van der Waals surface area (Å²) >= 11 is 3.14. The molecule has 0 rings (SSSR count). The van der Waals surface area contributed by atoms with Crippen molar-refractivity contribution >= 4 is 30.3 Å². The van der Waals surface area contributed by atoms with Crippen LogP contribution >= 0.6 is 14.8 Å². The summed E-state index contributed by atoms with van der Waals surface area (Å²) in [4.78, 5) is 9.67. The van der Waals surface area contributed by atoms with Crippen molar-refractivity contribution in [2.24, 2.45) is 0 Å². The van der Waals surface area contributed by atoms with Crippen LogP contribution in [0.3, 0.4) is 0 Å². The number of hydrogen-bond donors (Lipinski definition) is 1. The van der Waals surface area contributed by atoms with Crippen molar-refractivity contribution in [3.8, 4) is 0 Å². The van der Waals surface area contributed by atoms with Gasteiger partial charge in [0.05, 0.1) is 0 Å². The minimum absolute atomic E-state index is 0.127. The van der Waals surface area contributed by atoms with Crippen LogP contribution in [0.5, 0.6) is 0 Å². The Morgan fingerprint density at radius 1 is 2.00 bits per heavy atom. The number of rotatable bonds is 2. The Hall–Kier alpha value is 0.1000. The monoisotopic (exact) mass is 201 g/mol. The largest absolute Gasteiger partial charge is 0.509 e. The molecule has 1 atom stereocenters. The molecular formula is C3H6BrO3S+. The second-order valence-electron chi connectivity index (χ2n) is 1.08. The van der Waals surface area contributed by atoms with Gasteiger partial charge in [-0.25, -0.2) is 4.79 Å². The van der Waals surface area contributed by atoms with Crippen molar-refractivity contribution in [1.82, 2.24) is 0 Å². The van der Waals surface area contributed by atoms with E-state index in [9.17, 15) is 4.79 Å². The maximum atomic E-state index is 9.67. The van der Waals surface area contributed by atoms with Gasteiger partial charge in [0.2, 0.25) is 14.8 Å². The van der Waals surface area contributed by atoms with Gasteiger partial charge in [-0.2, -0.15) is 0 Å². The first-order chi connectivity index (χ1) is 3.63. The Labute approximate surface area is 57.6 Å². The van der Waals surface area contributed by atoms with Gasteiger partial charge in [-0.1, -0.05) is 0 Å². The van der Waals surface area contributed by atoms with Crippen LogP contribution in [0, 0.1) is 0 Å². The lowest BCUT2D eigenvalue weighted by molar-refractivity contribution is 0.108. The predicted molar refractivity (Wildman–Crippen MR) is 36.2 cm³/mol. The summed E-state index contributed by atoms with van der Waals surface area (Å²) in [5.74, 6) is 0.231. The summed E-state index contributed by atoms with van der Waals surface area (Å²) in [6.07, 6.45) is 0.618.